The molecular formula is C34H44FN5O2. The van der Waals surface area contributed by atoms with Crippen molar-refractivity contribution in [2.75, 3.05) is 46.1 Å². The number of aryl methyl sites for hydroxylation is 2. The van der Waals surface area contributed by atoms with E-state index in [1.54, 1.807) is 44.2 Å². The molecule has 0 spiro atoms. The molecule has 0 saturated heterocycles. The number of nitrogens with one attached hydrogen (secondary N) is 1. The molecule has 3 heterocycles. The van der Waals surface area contributed by atoms with E-state index in [0.717, 1.165) is 58.9 Å². The summed E-state index contributed by atoms with van der Waals surface area (Å²) in [6.45, 7) is 13.9. The van der Waals surface area contributed by atoms with E-state index < -0.39 is 0 Å². The molecule has 0 bridgehead atoms. The number of hydrogen-bond donors (Lipinski definition) is 1. The second kappa shape index (κ2) is 14.2. The fraction of sp³-hybridized carbons (Fsp3) is 0.382. The molecule has 224 valence electrons. The zero-order valence-electron chi connectivity index (χ0n) is 26.4. The van der Waals surface area contributed by atoms with Crippen LogP contribution in [0.25, 0.3) is 17.3 Å². The Labute approximate surface area is 249 Å². The van der Waals surface area contributed by atoms with Crippen LogP contribution in [0, 0.1) is 26.6 Å². The predicted molar refractivity (Wildman–Crippen MR) is 172 cm³/mol. The van der Waals surface area contributed by atoms with Crippen molar-refractivity contribution >= 4 is 23.2 Å². The average Bonchev–Trinajstić information content (AvgIpc) is 2.96. The third-order valence-electron chi connectivity index (χ3n) is 7.45. The van der Waals surface area contributed by atoms with Crippen LogP contribution in [0.2, 0.25) is 0 Å². The first kappa shape index (κ1) is 32.5. The molecule has 1 N–H and O–H groups in total. The van der Waals surface area contributed by atoms with Gasteiger partial charge in [-0.1, -0.05) is 31.6 Å². The van der Waals surface area contributed by atoms with E-state index in [0.29, 0.717) is 23.2 Å². The van der Waals surface area contributed by atoms with Crippen molar-refractivity contribution in [3.8, 4) is 5.69 Å². The van der Waals surface area contributed by atoms with Gasteiger partial charge in [0.1, 0.15) is 5.82 Å². The lowest BCUT2D eigenvalue weighted by Gasteiger charge is -2.27. The van der Waals surface area contributed by atoms with Gasteiger partial charge in [-0.05, 0) is 69.5 Å². The Morgan fingerprint density at radius 2 is 1.88 bits per heavy atom. The fourth-order valence-corrected chi connectivity index (χ4v) is 5.31. The van der Waals surface area contributed by atoms with Crippen LogP contribution < -0.4 is 10.9 Å². The summed E-state index contributed by atoms with van der Waals surface area (Å²) in [7, 11) is 5.13. The van der Waals surface area contributed by atoms with Crippen LogP contribution in [-0.2, 0) is 0 Å². The smallest absolute Gasteiger partial charge is 0.260 e. The number of rotatable bonds is 7. The standard InChI is InChI=1S/C32H38FN5O2.C2H6/c1-20(16-26-23(4)35-12-8-29(26)38-15-11-28(34-5)22(3)31(38)39)19-37-13-9-24(10-14-37)30-21(2)17-25(18-27(30)33)32(40)36(6)7;1-2/h8-9,11-12,15-18,34H,10,13-14,19H2,1-7H3;1-2H3/b20-16+;. The molecule has 0 fully saturated rings. The van der Waals surface area contributed by atoms with Crippen molar-refractivity contribution in [1.29, 1.82) is 0 Å². The maximum atomic E-state index is 15.1. The number of carbonyl (C=O) groups is 1. The Hall–Kier alpha value is -4.04. The number of pyridine rings is 2. The number of halogens is 1. The minimum atomic E-state index is -0.353. The Bertz CT molecular complexity index is 1550. The van der Waals surface area contributed by atoms with E-state index in [1.165, 1.54) is 11.0 Å². The van der Waals surface area contributed by atoms with E-state index >= 15 is 4.39 Å². The second-order valence-electron chi connectivity index (χ2n) is 10.7. The lowest BCUT2D eigenvalue weighted by Crippen LogP contribution is -2.30. The third kappa shape index (κ3) is 7.05. The lowest BCUT2D eigenvalue weighted by atomic mass is 9.93. The topological polar surface area (TPSA) is 70.5 Å². The number of hydrogen-bond acceptors (Lipinski definition) is 5. The van der Waals surface area contributed by atoms with Gasteiger partial charge in [0.15, 0.2) is 0 Å². The average molecular weight is 574 g/mol. The summed E-state index contributed by atoms with van der Waals surface area (Å²) in [4.78, 5) is 33.7. The first-order valence-corrected chi connectivity index (χ1v) is 14.5. The van der Waals surface area contributed by atoms with Crippen LogP contribution in [0.15, 0.2) is 53.1 Å². The van der Waals surface area contributed by atoms with E-state index in [2.05, 4.69) is 34.3 Å². The molecule has 1 amide bonds. The normalized spacial score (nSPS) is 13.7. The number of nitrogens with zero attached hydrogens (tertiary/aromatic N) is 4. The van der Waals surface area contributed by atoms with Crippen LogP contribution in [0.1, 0.15) is 65.5 Å². The van der Waals surface area contributed by atoms with E-state index in [9.17, 15) is 9.59 Å². The number of aromatic nitrogens is 2. The van der Waals surface area contributed by atoms with Gasteiger partial charge >= 0.3 is 0 Å². The molecule has 1 aliphatic rings. The monoisotopic (exact) mass is 573 g/mol. The van der Waals surface area contributed by atoms with Crippen LogP contribution in [0.3, 0.4) is 0 Å². The molecule has 7 nitrogen and oxygen atoms in total. The summed E-state index contributed by atoms with van der Waals surface area (Å²) in [6.07, 6.45) is 8.43. The minimum absolute atomic E-state index is 0.0694. The largest absolute Gasteiger partial charge is 0.388 e. The van der Waals surface area contributed by atoms with Gasteiger partial charge in [0.2, 0.25) is 0 Å². The van der Waals surface area contributed by atoms with Gasteiger partial charge in [-0.2, -0.15) is 0 Å². The molecular weight excluding hydrogens is 529 g/mol. The predicted octanol–water partition coefficient (Wildman–Crippen LogP) is 6.26. The van der Waals surface area contributed by atoms with Crippen molar-refractivity contribution in [2.45, 2.75) is 48.0 Å². The van der Waals surface area contributed by atoms with Crippen LogP contribution in [0.4, 0.5) is 10.1 Å². The highest BCUT2D eigenvalue weighted by Gasteiger charge is 2.20. The maximum Gasteiger partial charge on any atom is 0.260 e. The molecule has 4 rings (SSSR count). The number of carbonyl (C=O) groups excluding carboxylic acids is 1. The zero-order valence-corrected chi connectivity index (χ0v) is 26.4. The molecule has 0 unspecified atom stereocenters. The molecule has 0 saturated carbocycles. The Balaban J connectivity index is 0.00000237. The van der Waals surface area contributed by atoms with Gasteiger partial charge in [-0.3, -0.25) is 24.0 Å². The molecule has 1 aromatic carbocycles. The second-order valence-corrected chi connectivity index (χ2v) is 10.7. The molecule has 3 aromatic rings. The first-order chi connectivity index (χ1) is 20.0. The van der Waals surface area contributed by atoms with Crippen LogP contribution in [0.5, 0.6) is 0 Å². The maximum absolute atomic E-state index is 15.1. The van der Waals surface area contributed by atoms with Crippen molar-refractivity contribution in [1.82, 2.24) is 19.4 Å². The van der Waals surface area contributed by atoms with Gasteiger partial charge in [-0.25, -0.2) is 4.39 Å². The summed E-state index contributed by atoms with van der Waals surface area (Å²) in [6, 6.07) is 6.89. The summed E-state index contributed by atoms with van der Waals surface area (Å²) >= 11 is 0. The molecule has 2 aromatic heterocycles. The lowest BCUT2D eigenvalue weighted by molar-refractivity contribution is 0.0827. The van der Waals surface area contributed by atoms with E-state index in [-0.39, 0.29) is 17.3 Å². The minimum Gasteiger partial charge on any atom is -0.388 e. The number of anilines is 1. The van der Waals surface area contributed by atoms with Gasteiger partial charge < -0.3 is 10.2 Å². The quantitative estimate of drug-likeness (QED) is 0.361. The molecule has 0 radical (unpaired) electrons. The van der Waals surface area contributed by atoms with Gasteiger partial charge in [0, 0.05) is 86.8 Å². The van der Waals surface area contributed by atoms with Crippen LogP contribution >= 0.6 is 0 Å². The summed E-state index contributed by atoms with van der Waals surface area (Å²) < 4.78 is 16.8. The van der Waals surface area contributed by atoms with Gasteiger partial charge in [0.25, 0.3) is 11.5 Å². The number of benzene rings is 1. The molecule has 8 heteroatoms. The molecule has 42 heavy (non-hydrogen) atoms. The summed E-state index contributed by atoms with van der Waals surface area (Å²) in [5.74, 6) is -0.560. The Morgan fingerprint density at radius 3 is 2.48 bits per heavy atom. The van der Waals surface area contributed by atoms with Gasteiger partial charge in [0.05, 0.1) is 5.69 Å². The fourth-order valence-electron chi connectivity index (χ4n) is 5.31. The molecule has 0 atom stereocenters. The van der Waals surface area contributed by atoms with Gasteiger partial charge in [-0.15, -0.1) is 0 Å². The van der Waals surface area contributed by atoms with E-state index in [4.69, 9.17) is 0 Å². The SMILES string of the molecule is CC.CNc1ccn(-c2ccnc(C)c2/C=C(\C)CN2CC=C(c3c(C)cc(C(=O)N(C)C)cc3F)CC2)c(=O)c1C. The van der Waals surface area contributed by atoms with Crippen LogP contribution in [-0.4, -0.2) is 66.0 Å². The van der Waals surface area contributed by atoms with Crippen molar-refractivity contribution < 1.29 is 9.18 Å². The van der Waals surface area contributed by atoms with E-state index in [1.807, 2.05) is 46.8 Å². The highest BCUT2D eigenvalue weighted by Crippen LogP contribution is 2.29. The highest BCUT2D eigenvalue weighted by atomic mass is 19.1. The molecule has 1 aliphatic heterocycles. The van der Waals surface area contributed by atoms with Crippen molar-refractivity contribution in [2.24, 2.45) is 0 Å². The molecule has 0 aliphatic carbocycles. The van der Waals surface area contributed by atoms with Crippen molar-refractivity contribution in [3.05, 3.63) is 98.0 Å². The first-order valence-electron chi connectivity index (χ1n) is 14.5. The summed E-state index contributed by atoms with van der Waals surface area (Å²) in [5, 5.41) is 3.07. The zero-order chi connectivity index (χ0) is 31.1. The number of amides is 1. The third-order valence-corrected chi connectivity index (χ3v) is 7.45. The Morgan fingerprint density at radius 1 is 1.17 bits per heavy atom. The van der Waals surface area contributed by atoms with Crippen molar-refractivity contribution in [3.63, 3.8) is 0 Å². The highest BCUT2D eigenvalue weighted by molar-refractivity contribution is 5.94. The summed E-state index contributed by atoms with van der Waals surface area (Å²) in [5.41, 5.74) is 7.81. The Kier molecular flexibility index (Phi) is 11.0.